The van der Waals surface area contributed by atoms with Gasteiger partial charge in [-0.15, -0.1) is 22.9 Å². The van der Waals surface area contributed by atoms with Crippen molar-refractivity contribution in [1.82, 2.24) is 0 Å². The Morgan fingerprint density at radius 2 is 2.25 bits per heavy atom. The third-order valence-electron chi connectivity index (χ3n) is 3.98. The minimum Gasteiger partial charge on any atom is -0.316 e. The van der Waals surface area contributed by atoms with Crippen LogP contribution in [0.1, 0.15) is 43.2 Å². The SMILES string of the molecule is CC(C)(C)C1CCc2c(sc(NC(=O)CCl)c2C#N)C1. The number of nitrogens with zero attached hydrogens (tertiary/aromatic N) is 1. The molecule has 1 amide bonds. The van der Waals surface area contributed by atoms with Crippen molar-refractivity contribution in [3.05, 3.63) is 16.0 Å². The average molecular weight is 311 g/mol. The van der Waals surface area contributed by atoms with Gasteiger partial charge >= 0.3 is 0 Å². The number of nitriles is 1. The van der Waals surface area contributed by atoms with Crippen molar-refractivity contribution in [1.29, 1.82) is 5.26 Å². The van der Waals surface area contributed by atoms with Gasteiger partial charge in [0.15, 0.2) is 0 Å². The molecule has 0 aliphatic heterocycles. The van der Waals surface area contributed by atoms with E-state index in [0.717, 1.165) is 24.8 Å². The fourth-order valence-electron chi connectivity index (χ4n) is 2.69. The van der Waals surface area contributed by atoms with E-state index in [1.807, 2.05) is 0 Å². The van der Waals surface area contributed by atoms with Gasteiger partial charge in [-0.05, 0) is 36.2 Å². The van der Waals surface area contributed by atoms with Crippen LogP contribution in [0.4, 0.5) is 5.00 Å². The van der Waals surface area contributed by atoms with Crippen molar-refractivity contribution in [2.45, 2.75) is 40.0 Å². The number of carbonyl (C=O) groups excluding carboxylic acids is 1. The van der Waals surface area contributed by atoms with Gasteiger partial charge in [-0.25, -0.2) is 0 Å². The Morgan fingerprint density at radius 1 is 1.55 bits per heavy atom. The van der Waals surface area contributed by atoms with Gasteiger partial charge in [0, 0.05) is 4.88 Å². The Balaban J connectivity index is 2.31. The molecule has 0 saturated carbocycles. The second kappa shape index (κ2) is 5.75. The number of rotatable bonds is 2. The summed E-state index contributed by atoms with van der Waals surface area (Å²) in [6.07, 6.45) is 3.02. The minimum absolute atomic E-state index is 0.0853. The van der Waals surface area contributed by atoms with E-state index in [9.17, 15) is 10.1 Å². The molecular weight excluding hydrogens is 292 g/mol. The van der Waals surface area contributed by atoms with Crippen LogP contribution < -0.4 is 5.32 Å². The molecule has 0 saturated heterocycles. The topological polar surface area (TPSA) is 52.9 Å². The van der Waals surface area contributed by atoms with Crippen LogP contribution in [0.3, 0.4) is 0 Å². The van der Waals surface area contributed by atoms with Gasteiger partial charge in [0.1, 0.15) is 17.0 Å². The van der Waals surface area contributed by atoms with E-state index >= 15 is 0 Å². The zero-order valence-corrected chi connectivity index (χ0v) is 13.6. The lowest BCUT2D eigenvalue weighted by atomic mass is 9.72. The molecule has 0 fully saturated rings. The number of hydrogen-bond acceptors (Lipinski definition) is 3. The zero-order chi connectivity index (χ0) is 14.9. The van der Waals surface area contributed by atoms with Crippen LogP contribution in [0, 0.1) is 22.7 Å². The van der Waals surface area contributed by atoms with E-state index in [2.05, 4.69) is 32.2 Å². The summed E-state index contributed by atoms with van der Waals surface area (Å²) >= 11 is 7.05. The number of halogens is 1. The first-order valence-electron chi connectivity index (χ1n) is 6.77. The largest absolute Gasteiger partial charge is 0.316 e. The number of hydrogen-bond donors (Lipinski definition) is 1. The molecule has 0 bridgehead atoms. The average Bonchev–Trinajstić information content (AvgIpc) is 2.73. The predicted octanol–water partition coefficient (Wildman–Crippen LogP) is 3.95. The van der Waals surface area contributed by atoms with Gasteiger partial charge in [-0.1, -0.05) is 20.8 Å². The lowest BCUT2D eigenvalue weighted by Crippen LogP contribution is -2.26. The molecule has 0 aromatic carbocycles. The standard InChI is InChI=1S/C15H19ClN2OS/c1-15(2,3)9-4-5-10-11(8-17)14(18-13(19)7-16)20-12(10)6-9/h9H,4-7H2,1-3H3,(H,18,19). The van der Waals surface area contributed by atoms with Crippen molar-refractivity contribution in [2.75, 3.05) is 11.2 Å². The molecule has 1 atom stereocenters. The summed E-state index contributed by atoms with van der Waals surface area (Å²) in [4.78, 5) is 12.7. The lowest BCUT2D eigenvalue weighted by molar-refractivity contribution is -0.113. The number of amides is 1. The first-order valence-corrected chi connectivity index (χ1v) is 8.12. The molecular formula is C15H19ClN2OS. The first kappa shape index (κ1) is 15.3. The number of nitrogens with one attached hydrogen (secondary N) is 1. The van der Waals surface area contributed by atoms with E-state index in [4.69, 9.17) is 11.6 Å². The van der Waals surface area contributed by atoms with E-state index in [-0.39, 0.29) is 17.2 Å². The van der Waals surface area contributed by atoms with Gasteiger partial charge in [-0.2, -0.15) is 5.26 Å². The molecule has 108 valence electrons. The van der Waals surface area contributed by atoms with Crippen LogP contribution in [0.5, 0.6) is 0 Å². The minimum atomic E-state index is -0.255. The van der Waals surface area contributed by atoms with Crippen LogP contribution in [0.25, 0.3) is 0 Å². The highest BCUT2D eigenvalue weighted by atomic mass is 35.5. The Morgan fingerprint density at radius 3 is 2.80 bits per heavy atom. The van der Waals surface area contributed by atoms with E-state index in [1.165, 1.54) is 16.2 Å². The van der Waals surface area contributed by atoms with Crippen molar-refractivity contribution < 1.29 is 4.79 Å². The molecule has 1 aromatic rings. The monoisotopic (exact) mass is 310 g/mol. The summed E-state index contributed by atoms with van der Waals surface area (Å²) in [6, 6.07) is 2.24. The smallest absolute Gasteiger partial charge is 0.239 e. The number of anilines is 1. The van der Waals surface area contributed by atoms with Crippen molar-refractivity contribution in [3.63, 3.8) is 0 Å². The predicted molar refractivity (Wildman–Crippen MR) is 83.4 cm³/mol. The molecule has 1 aliphatic carbocycles. The fourth-order valence-corrected chi connectivity index (χ4v) is 4.05. The number of thiophene rings is 1. The normalized spacial score (nSPS) is 18.2. The van der Waals surface area contributed by atoms with Gasteiger partial charge in [0.25, 0.3) is 0 Å². The molecule has 5 heteroatoms. The van der Waals surface area contributed by atoms with Gasteiger partial charge in [0.05, 0.1) is 5.56 Å². The molecule has 1 unspecified atom stereocenters. The Hall–Kier alpha value is -1.05. The Bertz CT molecular complexity index is 566. The third kappa shape index (κ3) is 2.99. The summed E-state index contributed by atoms with van der Waals surface area (Å²) in [7, 11) is 0. The van der Waals surface area contributed by atoms with E-state index < -0.39 is 0 Å². The summed E-state index contributed by atoms with van der Waals surface area (Å²) in [6.45, 7) is 6.78. The second-order valence-electron chi connectivity index (χ2n) is 6.31. The third-order valence-corrected chi connectivity index (χ3v) is 5.39. The summed E-state index contributed by atoms with van der Waals surface area (Å²) in [5.74, 6) is 0.281. The van der Waals surface area contributed by atoms with Crippen LogP contribution in [0.15, 0.2) is 0 Å². The quantitative estimate of drug-likeness (QED) is 0.841. The van der Waals surface area contributed by atoms with Crippen molar-refractivity contribution >= 4 is 33.8 Å². The Kier molecular flexibility index (Phi) is 4.41. The van der Waals surface area contributed by atoms with E-state index in [0.29, 0.717) is 16.5 Å². The molecule has 0 radical (unpaired) electrons. The molecule has 3 nitrogen and oxygen atoms in total. The summed E-state index contributed by atoms with van der Waals surface area (Å²) in [5, 5.41) is 12.8. The lowest BCUT2D eigenvalue weighted by Gasteiger charge is -2.33. The maximum absolute atomic E-state index is 11.4. The zero-order valence-electron chi connectivity index (χ0n) is 12.0. The number of carbonyl (C=O) groups is 1. The molecule has 1 aliphatic rings. The summed E-state index contributed by atoms with van der Waals surface area (Å²) < 4.78 is 0. The van der Waals surface area contributed by atoms with Crippen LogP contribution in [-0.2, 0) is 17.6 Å². The number of fused-ring (bicyclic) bond motifs is 1. The second-order valence-corrected chi connectivity index (χ2v) is 7.68. The molecule has 1 aromatic heterocycles. The van der Waals surface area contributed by atoms with Crippen LogP contribution >= 0.6 is 22.9 Å². The van der Waals surface area contributed by atoms with Crippen molar-refractivity contribution in [2.24, 2.45) is 11.3 Å². The van der Waals surface area contributed by atoms with Gasteiger partial charge < -0.3 is 5.32 Å². The molecule has 1 heterocycles. The van der Waals surface area contributed by atoms with Crippen LogP contribution in [-0.4, -0.2) is 11.8 Å². The first-order chi connectivity index (χ1) is 9.36. The molecule has 1 N–H and O–H groups in total. The van der Waals surface area contributed by atoms with Crippen molar-refractivity contribution in [3.8, 4) is 6.07 Å². The highest BCUT2D eigenvalue weighted by Gasteiger charge is 2.32. The molecule has 0 spiro atoms. The van der Waals surface area contributed by atoms with Crippen LogP contribution in [0.2, 0.25) is 0 Å². The highest BCUT2D eigenvalue weighted by molar-refractivity contribution is 7.16. The van der Waals surface area contributed by atoms with Gasteiger partial charge in [0.2, 0.25) is 5.91 Å². The fraction of sp³-hybridized carbons (Fsp3) is 0.600. The highest BCUT2D eigenvalue weighted by Crippen LogP contribution is 2.43. The summed E-state index contributed by atoms with van der Waals surface area (Å²) in [5.41, 5.74) is 2.03. The van der Waals surface area contributed by atoms with E-state index in [1.54, 1.807) is 0 Å². The molecule has 20 heavy (non-hydrogen) atoms. The maximum Gasteiger partial charge on any atom is 0.239 e. The number of alkyl halides is 1. The maximum atomic E-state index is 11.4. The molecule has 2 rings (SSSR count). The van der Waals surface area contributed by atoms with Gasteiger partial charge in [-0.3, -0.25) is 4.79 Å². The Labute approximate surface area is 128 Å².